The highest BCUT2D eigenvalue weighted by Crippen LogP contribution is 2.55. The van der Waals surface area contributed by atoms with Crippen molar-refractivity contribution in [2.45, 2.75) is 56.9 Å². The molecule has 182 valence electrons. The second-order valence-corrected chi connectivity index (χ2v) is 9.80. The summed E-state index contributed by atoms with van der Waals surface area (Å²) in [6, 6.07) is 7.51. The van der Waals surface area contributed by atoms with E-state index >= 15 is 0 Å². The number of halogens is 3. The number of carbonyl (C=O) groups is 1. The summed E-state index contributed by atoms with van der Waals surface area (Å²) >= 11 is 0. The number of allylic oxidation sites excluding steroid dienone is 1. The number of azo groups is 1. The van der Waals surface area contributed by atoms with Crippen LogP contribution in [0.1, 0.15) is 39.2 Å². The predicted octanol–water partition coefficient (Wildman–Crippen LogP) is 3.94. The van der Waals surface area contributed by atoms with Crippen molar-refractivity contribution in [3.63, 3.8) is 0 Å². The lowest BCUT2D eigenvalue weighted by Gasteiger charge is -2.48. The minimum absolute atomic E-state index is 0.00441. The van der Waals surface area contributed by atoms with Crippen LogP contribution in [0.5, 0.6) is 0 Å². The number of ether oxygens (including phenoxy) is 1. The quantitative estimate of drug-likeness (QED) is 0.695. The zero-order valence-corrected chi connectivity index (χ0v) is 19.4. The van der Waals surface area contributed by atoms with E-state index in [1.165, 1.54) is 0 Å². The van der Waals surface area contributed by atoms with Crippen LogP contribution in [0.15, 0.2) is 57.0 Å². The van der Waals surface area contributed by atoms with Crippen LogP contribution >= 0.6 is 0 Å². The number of rotatable bonds is 3. The third kappa shape index (κ3) is 3.50. The normalized spacial score (nSPS) is 28.5. The summed E-state index contributed by atoms with van der Waals surface area (Å²) in [7, 11) is 0. The Morgan fingerprint density at radius 1 is 1.24 bits per heavy atom. The molecule has 0 aromatic heterocycles. The van der Waals surface area contributed by atoms with E-state index in [4.69, 9.17) is 4.74 Å². The zero-order valence-electron chi connectivity index (χ0n) is 19.4. The Balaban J connectivity index is 1.77. The summed E-state index contributed by atoms with van der Waals surface area (Å²) < 4.78 is 47.9. The van der Waals surface area contributed by atoms with Crippen molar-refractivity contribution < 1.29 is 22.7 Å². The second-order valence-electron chi connectivity index (χ2n) is 9.80. The fourth-order valence-corrected chi connectivity index (χ4v) is 5.72. The van der Waals surface area contributed by atoms with Gasteiger partial charge in [0.05, 0.1) is 24.2 Å². The molecule has 0 aliphatic carbocycles. The maximum absolute atomic E-state index is 14.2. The molecule has 4 aliphatic rings. The first kappa shape index (κ1) is 22.9. The molecule has 4 heterocycles. The number of amides is 1. The van der Waals surface area contributed by atoms with Gasteiger partial charge in [0.1, 0.15) is 0 Å². The molecule has 5 rings (SSSR count). The lowest BCUT2D eigenvalue weighted by Crippen LogP contribution is -2.58. The van der Waals surface area contributed by atoms with Gasteiger partial charge in [-0.1, -0.05) is 19.1 Å². The number of fused-ring (bicyclic) bond motifs is 1. The Morgan fingerprint density at radius 2 is 1.97 bits per heavy atom. The van der Waals surface area contributed by atoms with Crippen molar-refractivity contribution in [1.82, 2.24) is 10.6 Å². The first-order chi connectivity index (χ1) is 16.1. The summed E-state index contributed by atoms with van der Waals surface area (Å²) in [5.41, 5.74) is -0.398. The number of carbonyl (C=O) groups excluding carboxylic acids is 1. The maximum Gasteiger partial charge on any atom is 0.435 e. The molecular formula is C24H28F3N5O2. The van der Waals surface area contributed by atoms with Gasteiger partial charge in [-0.15, -0.1) is 5.11 Å². The van der Waals surface area contributed by atoms with Gasteiger partial charge in [-0.05, 0) is 38.0 Å². The second kappa shape index (κ2) is 7.83. The van der Waals surface area contributed by atoms with Crippen LogP contribution in [0.3, 0.4) is 0 Å². The molecule has 0 saturated carbocycles. The molecule has 0 radical (unpaired) electrons. The van der Waals surface area contributed by atoms with Gasteiger partial charge in [-0.25, -0.2) is 0 Å². The third-order valence-electron chi connectivity index (χ3n) is 7.11. The van der Waals surface area contributed by atoms with Gasteiger partial charge in [-0.3, -0.25) is 4.79 Å². The zero-order chi connectivity index (χ0) is 24.3. The monoisotopic (exact) mass is 475 g/mol. The maximum atomic E-state index is 14.2. The molecule has 10 heteroatoms. The number of hydrogen-bond acceptors (Lipinski definition) is 6. The van der Waals surface area contributed by atoms with E-state index in [-0.39, 0.29) is 17.9 Å². The van der Waals surface area contributed by atoms with Crippen LogP contribution in [-0.4, -0.2) is 50.1 Å². The van der Waals surface area contributed by atoms with Crippen LogP contribution in [-0.2, 0) is 14.9 Å². The number of benzene rings is 1. The van der Waals surface area contributed by atoms with Crippen LogP contribution < -0.4 is 15.5 Å². The first-order valence-corrected chi connectivity index (χ1v) is 11.6. The highest BCUT2D eigenvalue weighted by Gasteiger charge is 2.57. The van der Waals surface area contributed by atoms with Crippen molar-refractivity contribution in [2.75, 3.05) is 31.2 Å². The topological polar surface area (TPSA) is 78.3 Å². The Labute approximate surface area is 196 Å². The number of alkyl halides is 3. The van der Waals surface area contributed by atoms with Gasteiger partial charge >= 0.3 is 6.18 Å². The molecule has 1 amide bonds. The molecule has 1 fully saturated rings. The Kier molecular flexibility index (Phi) is 5.27. The molecule has 0 bridgehead atoms. The smallest absolute Gasteiger partial charge is 0.378 e. The van der Waals surface area contributed by atoms with E-state index in [0.29, 0.717) is 49.6 Å². The van der Waals surface area contributed by atoms with Crippen LogP contribution in [0.4, 0.5) is 18.9 Å². The molecular weight excluding hydrogens is 447 g/mol. The highest BCUT2D eigenvalue weighted by atomic mass is 19.4. The molecule has 2 atom stereocenters. The Hall–Kier alpha value is -2.88. The van der Waals surface area contributed by atoms with Gasteiger partial charge in [0, 0.05) is 42.0 Å². The van der Waals surface area contributed by atoms with E-state index in [1.54, 1.807) is 0 Å². The van der Waals surface area contributed by atoms with Crippen molar-refractivity contribution >= 4 is 11.6 Å². The third-order valence-corrected chi connectivity index (χ3v) is 7.11. The van der Waals surface area contributed by atoms with Crippen LogP contribution in [0.25, 0.3) is 0 Å². The minimum Gasteiger partial charge on any atom is -0.378 e. The Bertz CT molecular complexity index is 1120. The van der Waals surface area contributed by atoms with E-state index in [1.807, 2.05) is 45.0 Å². The average molecular weight is 476 g/mol. The number of hydrogen-bond donors (Lipinski definition) is 2. The molecule has 1 saturated heterocycles. The Morgan fingerprint density at radius 3 is 2.65 bits per heavy atom. The summed E-state index contributed by atoms with van der Waals surface area (Å²) in [6.45, 7) is 8.16. The first-order valence-electron chi connectivity index (χ1n) is 11.6. The molecule has 2 unspecified atom stereocenters. The SMILES string of the molecule is CCC1(c2cccc(N3CCOCC3)c2)C2=C(CC(C)(C)NC2=O)NC2N=NC(C(F)(F)F)=C21. The van der Waals surface area contributed by atoms with Crippen LogP contribution in [0, 0.1) is 0 Å². The van der Waals surface area contributed by atoms with Crippen LogP contribution in [0.2, 0.25) is 0 Å². The number of anilines is 1. The van der Waals surface area contributed by atoms with Crippen molar-refractivity contribution in [2.24, 2.45) is 10.2 Å². The average Bonchev–Trinajstić information content (AvgIpc) is 3.22. The highest BCUT2D eigenvalue weighted by molar-refractivity contribution is 6.00. The van der Waals surface area contributed by atoms with Gasteiger partial charge in [0.15, 0.2) is 11.9 Å². The van der Waals surface area contributed by atoms with Gasteiger partial charge in [-0.2, -0.15) is 18.3 Å². The summed E-state index contributed by atoms with van der Waals surface area (Å²) in [5.74, 6) is -0.364. The molecule has 1 aromatic rings. The number of nitrogens with one attached hydrogen (secondary N) is 2. The lowest BCUT2D eigenvalue weighted by atomic mass is 9.61. The fourth-order valence-electron chi connectivity index (χ4n) is 5.72. The van der Waals surface area contributed by atoms with E-state index in [0.717, 1.165) is 5.69 Å². The van der Waals surface area contributed by atoms with Crippen molar-refractivity contribution in [3.8, 4) is 0 Å². The van der Waals surface area contributed by atoms with Crippen molar-refractivity contribution in [3.05, 3.63) is 52.4 Å². The van der Waals surface area contributed by atoms with Crippen molar-refractivity contribution in [1.29, 1.82) is 0 Å². The van der Waals surface area contributed by atoms with Gasteiger partial charge in [0.25, 0.3) is 5.91 Å². The fraction of sp³-hybridized carbons (Fsp3) is 0.542. The molecule has 2 N–H and O–H groups in total. The molecule has 0 spiro atoms. The molecule has 4 aliphatic heterocycles. The van der Waals surface area contributed by atoms with E-state index in [2.05, 4.69) is 25.8 Å². The standard InChI is InChI=1S/C24H28F3N5O2/c1-4-23(14-6-5-7-15(12-14)32-8-10-34-11-9-32)17-16(13-22(2,3)29-21(17)33)28-20-18(23)19(30-31-20)24(25,26)27/h5-7,12,20,28H,4,8-11,13H2,1-3H3,(H,29,33). The predicted molar refractivity (Wildman–Crippen MR) is 120 cm³/mol. The van der Waals surface area contributed by atoms with Gasteiger partial charge in [0.2, 0.25) is 0 Å². The lowest BCUT2D eigenvalue weighted by molar-refractivity contribution is -0.120. The largest absolute Gasteiger partial charge is 0.435 e. The number of nitrogens with zero attached hydrogens (tertiary/aromatic N) is 3. The summed E-state index contributed by atoms with van der Waals surface area (Å²) in [5, 5.41) is 13.7. The summed E-state index contributed by atoms with van der Waals surface area (Å²) in [6.07, 6.45) is -4.95. The summed E-state index contributed by atoms with van der Waals surface area (Å²) in [4.78, 5) is 15.7. The minimum atomic E-state index is -4.69. The van der Waals surface area contributed by atoms with E-state index < -0.39 is 29.0 Å². The molecule has 1 aromatic carbocycles. The number of morpholine rings is 1. The van der Waals surface area contributed by atoms with E-state index in [9.17, 15) is 18.0 Å². The van der Waals surface area contributed by atoms with Gasteiger partial charge < -0.3 is 20.3 Å². The molecule has 7 nitrogen and oxygen atoms in total. The molecule has 34 heavy (non-hydrogen) atoms.